The SMILES string of the molecule is CCCCCCCCCCCCCCCCCCCC/C=C/C(O)C(CO)NC(=O)CCCCCCCCCCCCCCCCCCC/C=C\CCCCCCCCCCCCCCOC(=O)CCCCCCCCCCCCCCCC. The molecule has 0 spiro atoms. The molecule has 0 aliphatic heterocycles. The van der Waals surface area contributed by atoms with Crippen LogP contribution in [0.5, 0.6) is 0 Å². The Bertz CT molecular complexity index is 1320. The third-order valence-corrected chi connectivity index (χ3v) is 18.2. The molecule has 0 aliphatic rings. The molecule has 6 heteroatoms. The molecule has 6 nitrogen and oxygen atoms in total. The van der Waals surface area contributed by atoms with E-state index in [-0.39, 0.29) is 18.5 Å². The highest BCUT2D eigenvalue weighted by Gasteiger charge is 2.18. The van der Waals surface area contributed by atoms with E-state index >= 15 is 0 Å². The minimum Gasteiger partial charge on any atom is -0.466 e. The van der Waals surface area contributed by atoms with Crippen molar-refractivity contribution in [1.29, 1.82) is 0 Å². The Morgan fingerprint density at radius 1 is 0.321 bits per heavy atom. The Kier molecular flexibility index (Phi) is 72.3. The Balaban J connectivity index is 3.36. The van der Waals surface area contributed by atoms with Crippen molar-refractivity contribution in [3.63, 3.8) is 0 Å². The lowest BCUT2D eigenvalue weighted by Crippen LogP contribution is -2.45. The van der Waals surface area contributed by atoms with Gasteiger partial charge in [0, 0.05) is 12.8 Å². The molecule has 0 aromatic rings. The highest BCUT2D eigenvalue weighted by molar-refractivity contribution is 5.76. The Labute approximate surface area is 526 Å². The van der Waals surface area contributed by atoms with Gasteiger partial charge in [-0.05, 0) is 57.8 Å². The van der Waals surface area contributed by atoms with Crippen molar-refractivity contribution in [2.75, 3.05) is 13.2 Å². The maximum atomic E-state index is 12.5. The topological polar surface area (TPSA) is 95.9 Å². The Hall–Kier alpha value is -1.66. The van der Waals surface area contributed by atoms with Crippen LogP contribution in [0.2, 0.25) is 0 Å². The van der Waals surface area contributed by atoms with Crippen LogP contribution in [-0.2, 0) is 14.3 Å². The lowest BCUT2D eigenvalue weighted by molar-refractivity contribution is -0.143. The number of hydrogen-bond donors (Lipinski definition) is 3. The van der Waals surface area contributed by atoms with Crippen LogP contribution < -0.4 is 5.32 Å². The summed E-state index contributed by atoms with van der Waals surface area (Å²) >= 11 is 0. The predicted octanol–water partition coefficient (Wildman–Crippen LogP) is 25.3. The van der Waals surface area contributed by atoms with Gasteiger partial charge in [-0.25, -0.2) is 0 Å². The molecule has 0 fully saturated rings. The van der Waals surface area contributed by atoms with Crippen molar-refractivity contribution in [1.82, 2.24) is 5.32 Å². The van der Waals surface area contributed by atoms with E-state index < -0.39 is 12.1 Å². The maximum Gasteiger partial charge on any atom is 0.305 e. The fraction of sp³-hybridized carbons (Fsp3) is 0.923. The first-order valence-electron chi connectivity index (χ1n) is 38.6. The number of esters is 1. The minimum absolute atomic E-state index is 0.0216. The molecule has 498 valence electrons. The number of carbonyl (C=O) groups is 2. The third kappa shape index (κ3) is 69.4. The lowest BCUT2D eigenvalue weighted by Gasteiger charge is -2.20. The van der Waals surface area contributed by atoms with E-state index in [1.54, 1.807) is 6.08 Å². The molecule has 84 heavy (non-hydrogen) atoms. The summed E-state index contributed by atoms with van der Waals surface area (Å²) in [5.41, 5.74) is 0. The van der Waals surface area contributed by atoms with E-state index in [9.17, 15) is 19.8 Å². The third-order valence-electron chi connectivity index (χ3n) is 18.2. The number of nitrogens with one attached hydrogen (secondary N) is 1. The number of carbonyl (C=O) groups excluding carboxylic acids is 2. The number of aliphatic hydroxyl groups excluding tert-OH is 2. The largest absolute Gasteiger partial charge is 0.466 e. The second-order valence-electron chi connectivity index (χ2n) is 26.7. The average molecular weight is 1180 g/mol. The second kappa shape index (κ2) is 73.8. The monoisotopic (exact) mass is 1180 g/mol. The zero-order valence-electron chi connectivity index (χ0n) is 57.2. The van der Waals surface area contributed by atoms with Crippen molar-refractivity contribution in [2.45, 2.75) is 450 Å². The molecule has 0 saturated heterocycles. The van der Waals surface area contributed by atoms with Crippen molar-refractivity contribution in [3.05, 3.63) is 24.3 Å². The first kappa shape index (κ1) is 82.3. The number of aliphatic hydroxyl groups is 2. The molecule has 2 atom stereocenters. The summed E-state index contributed by atoms with van der Waals surface area (Å²) in [5, 5.41) is 23.3. The molecular formula is C78H151NO5. The first-order valence-corrected chi connectivity index (χ1v) is 38.6. The molecule has 0 aliphatic carbocycles. The van der Waals surface area contributed by atoms with Crippen LogP contribution in [0, 0.1) is 0 Å². The van der Waals surface area contributed by atoms with E-state index in [0.717, 1.165) is 38.5 Å². The Morgan fingerprint density at radius 3 is 0.845 bits per heavy atom. The molecule has 0 aromatic heterocycles. The van der Waals surface area contributed by atoms with E-state index in [1.165, 1.54) is 372 Å². The molecule has 0 saturated carbocycles. The zero-order valence-corrected chi connectivity index (χ0v) is 57.2. The molecule has 0 rings (SSSR count). The fourth-order valence-corrected chi connectivity index (χ4v) is 12.3. The van der Waals surface area contributed by atoms with E-state index in [2.05, 4.69) is 31.3 Å². The van der Waals surface area contributed by atoms with Crippen LogP contribution in [0.25, 0.3) is 0 Å². The summed E-state index contributed by atoms with van der Waals surface area (Å²) < 4.78 is 5.50. The van der Waals surface area contributed by atoms with Crippen LogP contribution in [0.1, 0.15) is 438 Å². The molecule has 2 unspecified atom stereocenters. The summed E-state index contributed by atoms with van der Waals surface area (Å²) in [4.78, 5) is 24.6. The van der Waals surface area contributed by atoms with Crippen LogP contribution in [0.3, 0.4) is 0 Å². The number of hydrogen-bond acceptors (Lipinski definition) is 5. The van der Waals surface area contributed by atoms with Crippen molar-refractivity contribution in [2.24, 2.45) is 0 Å². The van der Waals surface area contributed by atoms with Gasteiger partial charge in [0.1, 0.15) is 0 Å². The van der Waals surface area contributed by atoms with Crippen LogP contribution in [0.15, 0.2) is 24.3 Å². The molecule has 0 heterocycles. The highest BCUT2D eigenvalue weighted by atomic mass is 16.5. The molecule has 0 bridgehead atoms. The minimum atomic E-state index is -0.843. The average Bonchev–Trinajstić information content (AvgIpc) is 3.51. The molecule has 0 radical (unpaired) electrons. The van der Waals surface area contributed by atoms with Crippen LogP contribution in [-0.4, -0.2) is 47.4 Å². The normalized spacial score (nSPS) is 12.6. The van der Waals surface area contributed by atoms with Gasteiger partial charge in [-0.15, -0.1) is 0 Å². The van der Waals surface area contributed by atoms with Gasteiger partial charge in [0.2, 0.25) is 5.91 Å². The maximum absolute atomic E-state index is 12.5. The van der Waals surface area contributed by atoms with Gasteiger partial charge in [0.05, 0.1) is 25.4 Å². The summed E-state index contributed by atoms with van der Waals surface area (Å²) in [6.07, 6.45) is 94.3. The molecule has 3 N–H and O–H groups in total. The summed E-state index contributed by atoms with van der Waals surface area (Å²) in [6.45, 7) is 4.96. The second-order valence-corrected chi connectivity index (χ2v) is 26.7. The predicted molar refractivity (Wildman–Crippen MR) is 370 cm³/mol. The fourth-order valence-electron chi connectivity index (χ4n) is 12.3. The van der Waals surface area contributed by atoms with Gasteiger partial charge in [-0.3, -0.25) is 9.59 Å². The van der Waals surface area contributed by atoms with E-state index in [0.29, 0.717) is 19.4 Å². The summed E-state index contributed by atoms with van der Waals surface area (Å²) in [7, 11) is 0. The zero-order chi connectivity index (χ0) is 60.6. The standard InChI is InChI=1S/C78H151NO5/c1-3-5-7-9-11-13-15-17-19-20-21-37-40-43-46-50-54-58-62-66-70-76(81)75(74-80)79-77(82)71-67-63-59-55-51-47-44-41-38-35-33-31-29-27-25-23-22-24-26-28-30-32-34-36-39-42-45-49-53-57-61-65-69-73-84-78(83)72-68-64-60-56-52-48-18-16-14-12-10-8-6-4-2/h26,28,66,70,75-76,80-81H,3-25,27,29-65,67-69,71-74H2,1-2H3,(H,79,82)/b28-26-,70-66+. The number of allylic oxidation sites excluding steroid dienone is 3. The van der Waals surface area contributed by atoms with E-state index in [1.807, 2.05) is 6.08 Å². The number of amides is 1. The summed E-state index contributed by atoms with van der Waals surface area (Å²) in [5.74, 6) is -0.0388. The van der Waals surface area contributed by atoms with Crippen molar-refractivity contribution >= 4 is 11.9 Å². The quantitative estimate of drug-likeness (QED) is 0.0320. The molecular weight excluding hydrogens is 1030 g/mol. The molecule has 1 amide bonds. The van der Waals surface area contributed by atoms with Crippen LogP contribution in [0.4, 0.5) is 0 Å². The smallest absolute Gasteiger partial charge is 0.305 e. The Morgan fingerprint density at radius 2 is 0.560 bits per heavy atom. The highest BCUT2D eigenvalue weighted by Crippen LogP contribution is 2.20. The van der Waals surface area contributed by atoms with Crippen molar-refractivity contribution < 1.29 is 24.5 Å². The first-order chi connectivity index (χ1) is 41.5. The van der Waals surface area contributed by atoms with E-state index in [4.69, 9.17) is 4.74 Å². The van der Waals surface area contributed by atoms with Gasteiger partial charge in [-0.1, -0.05) is 391 Å². The van der Waals surface area contributed by atoms with Gasteiger partial charge in [0.25, 0.3) is 0 Å². The van der Waals surface area contributed by atoms with Gasteiger partial charge < -0.3 is 20.3 Å². The van der Waals surface area contributed by atoms with Gasteiger partial charge in [-0.2, -0.15) is 0 Å². The van der Waals surface area contributed by atoms with Gasteiger partial charge >= 0.3 is 5.97 Å². The number of rotatable bonds is 73. The number of unbranched alkanes of at least 4 members (excludes halogenated alkanes) is 60. The lowest BCUT2D eigenvalue weighted by atomic mass is 10.0. The van der Waals surface area contributed by atoms with Gasteiger partial charge in [0.15, 0.2) is 0 Å². The summed E-state index contributed by atoms with van der Waals surface area (Å²) in [6, 6.07) is -0.626. The number of ether oxygens (including phenoxy) is 1. The van der Waals surface area contributed by atoms with Crippen molar-refractivity contribution in [3.8, 4) is 0 Å². The molecule has 0 aromatic carbocycles. The van der Waals surface area contributed by atoms with Crippen LogP contribution >= 0.6 is 0 Å².